The normalized spacial score (nSPS) is 14.5. The number of hydrogen-bond acceptors (Lipinski definition) is 2. The average molecular weight is 220 g/mol. The molecule has 0 nitrogen and oxygen atoms in total. The lowest BCUT2D eigenvalue weighted by atomic mass is 10.1. The summed E-state index contributed by atoms with van der Waals surface area (Å²) in [5, 5.41) is 0. The first-order valence-corrected chi connectivity index (χ1v) is 7.58. The van der Waals surface area contributed by atoms with Crippen LogP contribution in [0.25, 0.3) is 0 Å². The van der Waals surface area contributed by atoms with Crippen LogP contribution < -0.4 is 0 Å². The van der Waals surface area contributed by atoms with Crippen LogP contribution in [0, 0.1) is 5.92 Å². The molecule has 0 spiro atoms. The van der Waals surface area contributed by atoms with Crippen molar-refractivity contribution in [2.45, 2.75) is 58.6 Å². The van der Waals surface area contributed by atoms with E-state index in [2.05, 4.69) is 34.6 Å². The van der Waals surface area contributed by atoms with Gasteiger partial charge in [-0.15, -0.1) is 0 Å². The lowest BCUT2D eigenvalue weighted by Gasteiger charge is -2.18. The Hall–Kier alpha value is 0.700. The van der Waals surface area contributed by atoms with Crippen LogP contribution >= 0.6 is 21.6 Å². The zero-order valence-corrected chi connectivity index (χ0v) is 11.4. The maximum atomic E-state index is 2.37. The molecule has 0 radical (unpaired) electrons. The van der Waals surface area contributed by atoms with Crippen LogP contribution in [0.3, 0.4) is 0 Å². The summed E-state index contributed by atoms with van der Waals surface area (Å²) in [6.07, 6.45) is 4.12. The van der Waals surface area contributed by atoms with E-state index in [0.29, 0.717) is 4.75 Å². The van der Waals surface area contributed by atoms with Crippen molar-refractivity contribution in [1.29, 1.82) is 0 Å². The summed E-state index contributed by atoms with van der Waals surface area (Å²) in [4.78, 5) is 0. The molecule has 80 valence electrons. The van der Waals surface area contributed by atoms with Crippen LogP contribution in [0.2, 0.25) is 0 Å². The van der Waals surface area contributed by atoms with Crippen LogP contribution in [0.1, 0.15) is 53.9 Å². The molecule has 0 saturated carbocycles. The summed E-state index contributed by atoms with van der Waals surface area (Å²) in [6.45, 7) is 11.5. The van der Waals surface area contributed by atoms with Crippen LogP contribution in [0.5, 0.6) is 0 Å². The quantitative estimate of drug-likeness (QED) is 0.578. The second-order valence-corrected chi connectivity index (χ2v) is 7.90. The fourth-order valence-corrected chi connectivity index (χ4v) is 3.75. The molecule has 0 aliphatic heterocycles. The maximum Gasteiger partial charge on any atom is 0.0179 e. The predicted octanol–water partition coefficient (Wildman–Crippen LogP) is 4.99. The first-order valence-electron chi connectivity index (χ1n) is 5.26. The Morgan fingerprint density at radius 1 is 1.23 bits per heavy atom. The molecule has 0 aliphatic carbocycles. The zero-order valence-electron chi connectivity index (χ0n) is 9.72. The van der Waals surface area contributed by atoms with E-state index >= 15 is 0 Å². The van der Waals surface area contributed by atoms with E-state index in [1.54, 1.807) is 0 Å². The fraction of sp³-hybridized carbons (Fsp3) is 1.00. The van der Waals surface area contributed by atoms with Crippen molar-refractivity contribution in [1.82, 2.24) is 0 Å². The molecule has 0 amide bonds. The van der Waals surface area contributed by atoms with Gasteiger partial charge in [0.05, 0.1) is 0 Å². The molecule has 0 saturated heterocycles. The minimum atomic E-state index is 0.412. The number of rotatable bonds is 6. The average Bonchev–Trinajstić information content (AvgIpc) is 1.98. The van der Waals surface area contributed by atoms with Gasteiger partial charge in [0.25, 0.3) is 0 Å². The summed E-state index contributed by atoms with van der Waals surface area (Å²) in [7, 11) is 4.05. The Kier molecular flexibility index (Phi) is 7.43. The Morgan fingerprint density at radius 2 is 1.85 bits per heavy atom. The van der Waals surface area contributed by atoms with Crippen molar-refractivity contribution in [3.05, 3.63) is 0 Å². The Labute approximate surface area is 92.0 Å². The van der Waals surface area contributed by atoms with Gasteiger partial charge in [0.15, 0.2) is 0 Å². The highest BCUT2D eigenvalue weighted by Gasteiger charge is 2.11. The second-order valence-electron chi connectivity index (χ2n) is 4.73. The van der Waals surface area contributed by atoms with E-state index in [-0.39, 0.29) is 0 Å². The summed E-state index contributed by atoms with van der Waals surface area (Å²) in [5.41, 5.74) is 0. The molecule has 0 aromatic rings. The van der Waals surface area contributed by atoms with Gasteiger partial charge >= 0.3 is 0 Å². The standard InChI is InChI=1S/C11H24S2/c1-6-7-8-10(2)9-12-13-11(3,4)5/h10H,6-9H2,1-5H3. The monoisotopic (exact) mass is 220 g/mol. The maximum absolute atomic E-state index is 2.37. The third kappa shape index (κ3) is 10.6. The smallest absolute Gasteiger partial charge is 0.0179 e. The molecule has 0 aromatic heterocycles. The Balaban J connectivity index is 3.31. The van der Waals surface area contributed by atoms with Crippen molar-refractivity contribution in [2.75, 3.05) is 5.75 Å². The molecule has 2 heteroatoms. The van der Waals surface area contributed by atoms with Crippen LogP contribution in [-0.2, 0) is 0 Å². The molecule has 13 heavy (non-hydrogen) atoms. The molecular formula is C11H24S2. The van der Waals surface area contributed by atoms with E-state index in [1.165, 1.54) is 25.0 Å². The van der Waals surface area contributed by atoms with Crippen LogP contribution in [-0.4, -0.2) is 10.5 Å². The van der Waals surface area contributed by atoms with Gasteiger partial charge in [-0.1, -0.05) is 69.0 Å². The van der Waals surface area contributed by atoms with Gasteiger partial charge in [-0.2, -0.15) is 0 Å². The highest BCUT2D eigenvalue weighted by Crippen LogP contribution is 2.36. The molecule has 0 aliphatic rings. The molecule has 0 N–H and O–H groups in total. The van der Waals surface area contributed by atoms with Crippen molar-refractivity contribution in [3.63, 3.8) is 0 Å². The summed E-state index contributed by atoms with van der Waals surface area (Å²) >= 11 is 0. The lowest BCUT2D eigenvalue weighted by molar-refractivity contribution is 0.558. The predicted molar refractivity (Wildman–Crippen MR) is 68.5 cm³/mol. The summed E-state index contributed by atoms with van der Waals surface area (Å²) < 4.78 is 0.412. The van der Waals surface area contributed by atoms with Crippen molar-refractivity contribution < 1.29 is 0 Å². The summed E-state index contributed by atoms with van der Waals surface area (Å²) in [5.74, 6) is 2.20. The van der Waals surface area contributed by atoms with Crippen molar-refractivity contribution in [2.24, 2.45) is 5.92 Å². The van der Waals surface area contributed by atoms with Gasteiger partial charge in [0.2, 0.25) is 0 Å². The molecule has 0 fully saturated rings. The van der Waals surface area contributed by atoms with Gasteiger partial charge < -0.3 is 0 Å². The van der Waals surface area contributed by atoms with Crippen LogP contribution in [0.4, 0.5) is 0 Å². The van der Waals surface area contributed by atoms with Gasteiger partial charge in [-0.3, -0.25) is 0 Å². The van der Waals surface area contributed by atoms with Gasteiger partial charge in [0, 0.05) is 10.5 Å². The molecule has 1 unspecified atom stereocenters. The largest absolute Gasteiger partial charge is 0.0933 e. The molecule has 0 bridgehead atoms. The third-order valence-electron chi connectivity index (χ3n) is 1.71. The van der Waals surface area contributed by atoms with Crippen molar-refractivity contribution in [3.8, 4) is 0 Å². The third-order valence-corrected chi connectivity index (χ3v) is 5.30. The number of hydrogen-bond donors (Lipinski definition) is 0. The van der Waals surface area contributed by atoms with Gasteiger partial charge in [-0.05, 0) is 12.3 Å². The summed E-state index contributed by atoms with van der Waals surface area (Å²) in [6, 6.07) is 0. The molecular weight excluding hydrogens is 196 g/mol. The van der Waals surface area contributed by atoms with E-state index in [1.807, 2.05) is 21.6 Å². The molecule has 0 aromatic carbocycles. The highest BCUT2D eigenvalue weighted by molar-refractivity contribution is 8.77. The Bertz CT molecular complexity index is 116. The first-order chi connectivity index (χ1) is 5.95. The van der Waals surface area contributed by atoms with E-state index in [4.69, 9.17) is 0 Å². The minimum Gasteiger partial charge on any atom is -0.0933 e. The van der Waals surface area contributed by atoms with E-state index in [9.17, 15) is 0 Å². The molecule has 0 rings (SSSR count). The van der Waals surface area contributed by atoms with E-state index < -0.39 is 0 Å². The SMILES string of the molecule is CCCCC(C)CSSC(C)(C)C. The second kappa shape index (κ2) is 7.05. The fourth-order valence-electron chi connectivity index (χ4n) is 0.963. The van der Waals surface area contributed by atoms with Gasteiger partial charge in [-0.25, -0.2) is 0 Å². The Morgan fingerprint density at radius 3 is 2.31 bits per heavy atom. The topological polar surface area (TPSA) is 0 Å². The van der Waals surface area contributed by atoms with Crippen molar-refractivity contribution >= 4 is 21.6 Å². The van der Waals surface area contributed by atoms with Gasteiger partial charge in [0.1, 0.15) is 0 Å². The highest BCUT2D eigenvalue weighted by atomic mass is 33.1. The zero-order chi connectivity index (χ0) is 10.3. The number of unbranched alkanes of at least 4 members (excludes halogenated alkanes) is 1. The molecule has 0 heterocycles. The van der Waals surface area contributed by atoms with E-state index in [0.717, 1.165) is 5.92 Å². The van der Waals surface area contributed by atoms with Crippen LogP contribution in [0.15, 0.2) is 0 Å². The molecule has 1 atom stereocenters. The minimum absolute atomic E-state index is 0.412. The lowest BCUT2D eigenvalue weighted by Crippen LogP contribution is -2.06. The first kappa shape index (κ1) is 13.7.